The third-order valence-corrected chi connectivity index (χ3v) is 8.41. The monoisotopic (exact) mass is 618 g/mol. The number of nitrogens with one attached hydrogen (secondary N) is 2. The lowest BCUT2D eigenvalue weighted by Crippen LogP contribution is -2.53. The number of amides is 3. The van der Waals surface area contributed by atoms with Gasteiger partial charge in [-0.25, -0.2) is 0 Å². The zero-order valence-corrected chi connectivity index (χ0v) is 26.0. The van der Waals surface area contributed by atoms with Crippen molar-refractivity contribution in [3.8, 4) is 0 Å². The Hall–Kier alpha value is -5.18. The van der Waals surface area contributed by atoms with Crippen molar-refractivity contribution in [2.24, 2.45) is 22.4 Å². The fraction of sp³-hybridized carbons (Fsp3) is 0.297. The van der Waals surface area contributed by atoms with Crippen LogP contribution in [0.5, 0.6) is 0 Å². The van der Waals surface area contributed by atoms with Gasteiger partial charge < -0.3 is 27.0 Å². The first-order chi connectivity index (χ1) is 22.4. The normalized spacial score (nSPS) is 16.5. The second-order valence-corrected chi connectivity index (χ2v) is 11.9. The van der Waals surface area contributed by atoms with Gasteiger partial charge in [0, 0.05) is 19.6 Å². The van der Waals surface area contributed by atoms with E-state index in [0.29, 0.717) is 38.9 Å². The van der Waals surface area contributed by atoms with Crippen LogP contribution in [0.4, 0.5) is 0 Å². The first-order valence-corrected chi connectivity index (χ1v) is 15.8. The Morgan fingerprint density at radius 1 is 0.826 bits per heavy atom. The number of hydrogen-bond acceptors (Lipinski definition) is 4. The van der Waals surface area contributed by atoms with Gasteiger partial charge in [-0.1, -0.05) is 103 Å². The molecule has 1 heterocycles. The van der Waals surface area contributed by atoms with E-state index in [0.717, 1.165) is 33.9 Å². The number of rotatable bonds is 13. The molecule has 0 aromatic heterocycles. The third-order valence-electron chi connectivity index (χ3n) is 8.41. The number of guanidine groups is 1. The molecule has 3 amide bonds. The fourth-order valence-corrected chi connectivity index (χ4v) is 6.15. The molecular weight excluding hydrogens is 576 g/mol. The molecule has 0 radical (unpaired) electrons. The van der Waals surface area contributed by atoms with E-state index in [2.05, 4.69) is 27.8 Å². The number of carbonyl (C=O) groups is 3. The minimum absolute atomic E-state index is 0.0262. The van der Waals surface area contributed by atoms with Gasteiger partial charge in [0.25, 0.3) is 0 Å². The zero-order chi connectivity index (χ0) is 32.3. The molecule has 3 atom stereocenters. The van der Waals surface area contributed by atoms with Gasteiger partial charge in [-0.3, -0.25) is 19.4 Å². The molecule has 4 aromatic rings. The van der Waals surface area contributed by atoms with Gasteiger partial charge in [-0.05, 0) is 59.1 Å². The molecule has 46 heavy (non-hydrogen) atoms. The summed E-state index contributed by atoms with van der Waals surface area (Å²) in [6.45, 7) is 1.11. The van der Waals surface area contributed by atoms with Crippen molar-refractivity contribution in [1.82, 2.24) is 15.5 Å². The van der Waals surface area contributed by atoms with Crippen LogP contribution in [-0.2, 0) is 33.8 Å². The largest absolute Gasteiger partial charge is 0.370 e. The van der Waals surface area contributed by atoms with Gasteiger partial charge in [0.15, 0.2) is 5.96 Å². The van der Waals surface area contributed by atoms with Crippen LogP contribution in [0.3, 0.4) is 0 Å². The molecule has 1 fully saturated rings. The van der Waals surface area contributed by atoms with Gasteiger partial charge in [-0.15, -0.1) is 0 Å². The van der Waals surface area contributed by atoms with E-state index in [4.69, 9.17) is 11.5 Å². The Bertz CT molecular complexity index is 1660. The van der Waals surface area contributed by atoms with Gasteiger partial charge in [0.1, 0.15) is 12.1 Å². The lowest BCUT2D eigenvalue weighted by Gasteiger charge is -2.29. The van der Waals surface area contributed by atoms with E-state index < -0.39 is 12.1 Å². The Morgan fingerprint density at radius 2 is 1.50 bits per heavy atom. The topological polar surface area (TPSA) is 143 Å². The minimum Gasteiger partial charge on any atom is -0.370 e. The first-order valence-electron chi connectivity index (χ1n) is 15.8. The molecule has 0 aliphatic carbocycles. The van der Waals surface area contributed by atoms with Crippen molar-refractivity contribution in [3.63, 3.8) is 0 Å². The summed E-state index contributed by atoms with van der Waals surface area (Å²) in [6.07, 6.45) is 2.22. The number of nitrogens with zero attached hydrogens (tertiary/aromatic N) is 2. The van der Waals surface area contributed by atoms with E-state index in [-0.39, 0.29) is 36.0 Å². The van der Waals surface area contributed by atoms with Crippen LogP contribution in [-0.4, -0.2) is 53.8 Å². The smallest absolute Gasteiger partial charge is 0.245 e. The van der Waals surface area contributed by atoms with Crippen molar-refractivity contribution < 1.29 is 14.4 Å². The van der Waals surface area contributed by atoms with Crippen LogP contribution >= 0.6 is 0 Å². The Balaban J connectivity index is 1.33. The average molecular weight is 619 g/mol. The summed E-state index contributed by atoms with van der Waals surface area (Å²) in [4.78, 5) is 47.0. The van der Waals surface area contributed by atoms with Crippen LogP contribution in [0.1, 0.15) is 36.0 Å². The number of benzene rings is 4. The maximum atomic E-state index is 14.3. The molecule has 0 bridgehead atoms. The van der Waals surface area contributed by atoms with Crippen molar-refractivity contribution in [3.05, 3.63) is 120 Å². The van der Waals surface area contributed by atoms with Crippen LogP contribution in [0.2, 0.25) is 0 Å². The Morgan fingerprint density at radius 3 is 2.22 bits per heavy atom. The molecule has 1 aliphatic heterocycles. The highest BCUT2D eigenvalue weighted by molar-refractivity contribution is 5.93. The molecular formula is C37H42N6O3. The van der Waals surface area contributed by atoms with Gasteiger partial charge in [-0.2, -0.15) is 0 Å². The number of nitrogens with two attached hydrogens (primary N) is 2. The van der Waals surface area contributed by atoms with Gasteiger partial charge in [0.2, 0.25) is 17.7 Å². The summed E-state index contributed by atoms with van der Waals surface area (Å²) in [5, 5.41) is 8.16. The summed E-state index contributed by atoms with van der Waals surface area (Å²) in [7, 11) is 0. The highest BCUT2D eigenvalue weighted by atomic mass is 16.2. The van der Waals surface area contributed by atoms with E-state index in [1.54, 1.807) is 4.90 Å². The number of aliphatic imine (C=N–C) groups is 1. The molecule has 0 spiro atoms. The van der Waals surface area contributed by atoms with Gasteiger partial charge in [0.05, 0.1) is 6.42 Å². The van der Waals surface area contributed by atoms with Crippen LogP contribution in [0.15, 0.2) is 108 Å². The van der Waals surface area contributed by atoms with Crippen molar-refractivity contribution >= 4 is 34.5 Å². The van der Waals surface area contributed by atoms with Crippen molar-refractivity contribution in [1.29, 1.82) is 0 Å². The first kappa shape index (κ1) is 32.2. The fourth-order valence-electron chi connectivity index (χ4n) is 6.15. The Kier molecular flexibility index (Phi) is 11.0. The van der Waals surface area contributed by atoms with E-state index >= 15 is 0 Å². The van der Waals surface area contributed by atoms with Crippen LogP contribution < -0.4 is 22.1 Å². The number of fused-ring (bicyclic) bond motifs is 1. The molecule has 4 aromatic carbocycles. The molecule has 0 unspecified atom stereocenters. The van der Waals surface area contributed by atoms with Crippen LogP contribution in [0, 0.1) is 5.92 Å². The molecule has 1 aliphatic rings. The van der Waals surface area contributed by atoms with Crippen molar-refractivity contribution in [2.75, 3.05) is 13.1 Å². The third kappa shape index (κ3) is 8.94. The second kappa shape index (κ2) is 15.7. The number of carbonyl (C=O) groups excluding carboxylic acids is 3. The molecule has 238 valence electrons. The standard InChI is InChI=1S/C37H42N6O3/c38-37(39)40-19-9-16-32(42-34(44)23-28-17-18-30-14-7-8-15-31(30)21-28)36(46)43-25-29(20-26-10-3-1-4-11-26)22-33(43)35(45)41-24-27-12-5-2-6-13-27/h1-8,10-15,17-18,21,29,32-33H,9,16,19-20,22-25H2,(H,41,45)(H,42,44)(H4,38,39,40)/t29-,32-,33+/m1/s1. The molecule has 9 nitrogen and oxygen atoms in total. The summed E-state index contributed by atoms with van der Waals surface area (Å²) in [5.74, 6) is -0.668. The van der Waals surface area contributed by atoms with Crippen molar-refractivity contribution in [2.45, 2.75) is 50.7 Å². The molecule has 0 saturated carbocycles. The zero-order valence-electron chi connectivity index (χ0n) is 26.0. The lowest BCUT2D eigenvalue weighted by atomic mass is 9.96. The lowest BCUT2D eigenvalue weighted by molar-refractivity contribution is -0.141. The average Bonchev–Trinajstić information content (AvgIpc) is 3.49. The second-order valence-electron chi connectivity index (χ2n) is 11.9. The maximum Gasteiger partial charge on any atom is 0.245 e. The van der Waals surface area contributed by atoms with Crippen LogP contribution in [0.25, 0.3) is 10.8 Å². The quantitative estimate of drug-likeness (QED) is 0.103. The molecule has 1 saturated heterocycles. The maximum absolute atomic E-state index is 14.3. The van der Waals surface area contributed by atoms with E-state index in [1.807, 2.05) is 91.0 Å². The van der Waals surface area contributed by atoms with Gasteiger partial charge >= 0.3 is 0 Å². The SMILES string of the molecule is NC(N)=NCCC[C@@H](NC(=O)Cc1ccc2ccccc2c1)C(=O)N1C[C@H](Cc2ccccc2)C[C@H]1C(=O)NCc1ccccc1. The molecule has 6 N–H and O–H groups in total. The summed E-state index contributed by atoms with van der Waals surface area (Å²) in [6, 6.07) is 32.2. The summed E-state index contributed by atoms with van der Waals surface area (Å²) >= 11 is 0. The summed E-state index contributed by atoms with van der Waals surface area (Å²) < 4.78 is 0. The Labute approximate surface area is 270 Å². The minimum atomic E-state index is -0.831. The molecule has 5 rings (SSSR count). The van der Waals surface area contributed by atoms with E-state index in [1.165, 1.54) is 0 Å². The molecule has 9 heteroatoms. The number of likely N-dealkylation sites (tertiary alicyclic amines) is 1. The van der Waals surface area contributed by atoms with E-state index in [9.17, 15) is 14.4 Å². The highest BCUT2D eigenvalue weighted by Gasteiger charge is 2.41. The predicted molar refractivity (Wildman–Crippen MR) is 182 cm³/mol. The summed E-state index contributed by atoms with van der Waals surface area (Å²) in [5.41, 5.74) is 14.0. The number of hydrogen-bond donors (Lipinski definition) is 4. The predicted octanol–water partition coefficient (Wildman–Crippen LogP) is 3.70. The highest BCUT2D eigenvalue weighted by Crippen LogP contribution is 2.28.